The van der Waals surface area contributed by atoms with Gasteiger partial charge in [-0.3, -0.25) is 9.10 Å². The van der Waals surface area contributed by atoms with Gasteiger partial charge in [0.25, 0.3) is 5.91 Å². The summed E-state index contributed by atoms with van der Waals surface area (Å²) in [6.07, 6.45) is 0.333. The zero-order valence-corrected chi connectivity index (χ0v) is 30.1. The Morgan fingerprint density at radius 3 is 2.08 bits per heavy atom. The minimum absolute atomic E-state index is 0.000301. The minimum Gasteiger partial charge on any atom is -0.627 e. The van der Waals surface area contributed by atoms with Gasteiger partial charge in [-0.1, -0.05) is 29.3 Å². The topological polar surface area (TPSA) is 165 Å². The monoisotopic (exact) mass is 741 g/mol. The number of hydrogen-bond acceptors (Lipinski definition) is 8. The van der Waals surface area contributed by atoms with Gasteiger partial charge in [-0.15, -0.1) is 0 Å². The van der Waals surface area contributed by atoms with Gasteiger partial charge in [0.2, 0.25) is 20.0 Å². The molecule has 3 aromatic rings. The van der Waals surface area contributed by atoms with E-state index in [-0.39, 0.29) is 54.6 Å². The highest BCUT2D eigenvalue weighted by Crippen LogP contribution is 2.32. The van der Waals surface area contributed by atoms with Crippen molar-refractivity contribution < 1.29 is 31.2 Å². The predicted octanol–water partition coefficient (Wildman–Crippen LogP) is 5.18. The first-order chi connectivity index (χ1) is 22.2. The van der Waals surface area contributed by atoms with Crippen molar-refractivity contribution >= 4 is 72.3 Å². The number of ether oxygens (including phenoxy) is 1. The number of anilines is 2. The van der Waals surface area contributed by atoms with E-state index < -0.39 is 42.3 Å². The lowest BCUT2D eigenvalue weighted by molar-refractivity contribution is 0.0523. The molecule has 0 bridgehead atoms. The molecule has 0 spiro atoms. The molecule has 2 amide bonds. The molecular formula is C31H37Cl2N5O8S2. The SMILES string of the molecule is CN(c1ccc(CNC(=O)OC(C)(C)C)cc1C(=O)Nc1ccc(S(=O)(=O)N2CC[N+]([O-])(c3cc(Cl)cc(Cl)c3)CC2)cc1)S(C)(=O)=O. The smallest absolute Gasteiger partial charge is 0.407 e. The number of carbonyl (C=O) groups excluding carboxylic acids is 2. The Hall–Kier alpha value is -3.44. The van der Waals surface area contributed by atoms with Gasteiger partial charge >= 0.3 is 6.09 Å². The van der Waals surface area contributed by atoms with E-state index in [1.54, 1.807) is 26.8 Å². The summed E-state index contributed by atoms with van der Waals surface area (Å²) in [7, 11) is -6.41. The lowest BCUT2D eigenvalue weighted by Gasteiger charge is -2.47. The molecule has 4 rings (SSSR count). The normalized spacial score (nSPS) is 15.4. The van der Waals surface area contributed by atoms with Crippen LogP contribution in [0, 0.1) is 5.21 Å². The van der Waals surface area contributed by atoms with Crippen molar-refractivity contribution in [2.24, 2.45) is 0 Å². The number of amides is 2. The first kappa shape index (κ1) is 37.4. The van der Waals surface area contributed by atoms with Gasteiger partial charge in [0.05, 0.1) is 48.6 Å². The maximum absolute atomic E-state index is 13.5. The summed E-state index contributed by atoms with van der Waals surface area (Å²) in [5.41, 5.74) is 0.467. The second kappa shape index (κ2) is 14.2. The molecule has 1 heterocycles. The number of nitrogens with zero attached hydrogens (tertiary/aromatic N) is 3. The summed E-state index contributed by atoms with van der Waals surface area (Å²) in [5, 5.41) is 19.4. The van der Waals surface area contributed by atoms with E-state index in [0.29, 0.717) is 21.3 Å². The van der Waals surface area contributed by atoms with Crippen molar-refractivity contribution in [2.45, 2.75) is 37.8 Å². The molecule has 0 aliphatic carbocycles. The first-order valence-corrected chi connectivity index (χ1v) is 18.7. The van der Waals surface area contributed by atoms with Gasteiger partial charge in [-0.25, -0.2) is 21.6 Å². The van der Waals surface area contributed by atoms with Crippen molar-refractivity contribution in [1.29, 1.82) is 0 Å². The number of carbonyl (C=O) groups is 2. The van der Waals surface area contributed by atoms with E-state index in [4.69, 9.17) is 27.9 Å². The number of hydrogen-bond donors (Lipinski definition) is 2. The lowest BCUT2D eigenvalue weighted by Crippen LogP contribution is -2.58. The molecule has 260 valence electrons. The number of quaternary nitrogens is 1. The number of sulfonamides is 2. The Bertz CT molecular complexity index is 1890. The number of piperazine rings is 1. The summed E-state index contributed by atoms with van der Waals surface area (Å²) in [6, 6.07) is 14.5. The van der Waals surface area contributed by atoms with Crippen LogP contribution in [-0.2, 0) is 31.3 Å². The summed E-state index contributed by atoms with van der Waals surface area (Å²) in [4.78, 5) is 25.6. The molecule has 0 unspecified atom stereocenters. The molecule has 0 atom stereocenters. The van der Waals surface area contributed by atoms with Crippen molar-refractivity contribution in [1.82, 2.24) is 14.3 Å². The van der Waals surface area contributed by atoms with E-state index in [1.165, 1.54) is 66.0 Å². The second-order valence-corrected chi connectivity index (χ2v) is 17.1. The Labute approximate surface area is 290 Å². The minimum atomic E-state index is -3.97. The van der Waals surface area contributed by atoms with Crippen LogP contribution in [0.5, 0.6) is 0 Å². The fourth-order valence-corrected chi connectivity index (χ4v) is 7.37. The number of nitrogens with one attached hydrogen (secondary N) is 2. The van der Waals surface area contributed by atoms with E-state index in [1.807, 2.05) is 0 Å². The Morgan fingerprint density at radius 2 is 1.54 bits per heavy atom. The Kier molecular flexibility index (Phi) is 11.1. The van der Waals surface area contributed by atoms with Crippen LogP contribution >= 0.6 is 23.2 Å². The molecule has 1 aliphatic rings. The third-order valence-corrected chi connectivity index (χ3v) is 11.0. The van der Waals surface area contributed by atoms with Crippen LogP contribution in [0.1, 0.15) is 36.7 Å². The maximum Gasteiger partial charge on any atom is 0.407 e. The van der Waals surface area contributed by atoms with Gasteiger partial charge in [-0.2, -0.15) is 4.31 Å². The number of halogens is 2. The Balaban J connectivity index is 1.49. The average molecular weight is 743 g/mol. The molecule has 0 saturated carbocycles. The van der Waals surface area contributed by atoms with E-state index in [0.717, 1.165) is 10.6 Å². The number of hydroxylamine groups is 2. The van der Waals surface area contributed by atoms with Gasteiger partial charge in [0.15, 0.2) is 0 Å². The molecule has 48 heavy (non-hydrogen) atoms. The average Bonchev–Trinajstić information content (AvgIpc) is 2.98. The van der Waals surface area contributed by atoms with E-state index in [2.05, 4.69) is 10.6 Å². The zero-order valence-electron chi connectivity index (χ0n) is 27.0. The van der Waals surface area contributed by atoms with Gasteiger partial charge < -0.3 is 25.2 Å². The number of rotatable bonds is 9. The van der Waals surface area contributed by atoms with Gasteiger partial charge in [0, 0.05) is 41.5 Å². The molecule has 0 radical (unpaired) electrons. The lowest BCUT2D eigenvalue weighted by atomic mass is 10.1. The second-order valence-electron chi connectivity index (χ2n) is 12.3. The molecule has 17 heteroatoms. The van der Waals surface area contributed by atoms with Crippen LogP contribution in [0.4, 0.5) is 21.9 Å². The van der Waals surface area contributed by atoms with Crippen LogP contribution in [0.2, 0.25) is 10.0 Å². The van der Waals surface area contributed by atoms with Crippen LogP contribution in [0.15, 0.2) is 65.6 Å². The number of benzene rings is 3. The van der Waals surface area contributed by atoms with E-state index >= 15 is 0 Å². The zero-order chi connectivity index (χ0) is 35.7. The quantitative estimate of drug-likeness (QED) is 0.224. The largest absolute Gasteiger partial charge is 0.627 e. The molecule has 3 aromatic carbocycles. The highest BCUT2D eigenvalue weighted by Gasteiger charge is 2.35. The highest BCUT2D eigenvalue weighted by atomic mass is 35.5. The van der Waals surface area contributed by atoms with E-state index in [9.17, 15) is 31.6 Å². The molecule has 2 N–H and O–H groups in total. The molecular weight excluding hydrogens is 705 g/mol. The third kappa shape index (κ3) is 9.16. The van der Waals surface area contributed by atoms with Crippen LogP contribution in [0.3, 0.4) is 0 Å². The fraction of sp³-hybridized carbons (Fsp3) is 0.355. The first-order valence-electron chi connectivity index (χ1n) is 14.7. The van der Waals surface area contributed by atoms with Crippen molar-refractivity contribution in [3.8, 4) is 0 Å². The third-order valence-electron chi connectivity index (χ3n) is 7.47. The van der Waals surface area contributed by atoms with Crippen LogP contribution in [-0.4, -0.2) is 78.2 Å². The molecule has 1 aliphatic heterocycles. The fourth-order valence-electron chi connectivity index (χ4n) is 4.92. The standard InChI is InChI=1S/C31H37Cl2N5O8S2/c1-31(2,3)46-30(40)34-20-21-6-11-28(36(4)47(5,42)43)27(16-21)29(39)35-24-7-9-26(10-8-24)48(44,45)37-12-14-38(41,15-13-37)25-18-22(32)17-23(33)19-25/h6-11,16-19H,12-15,20H2,1-5H3,(H,34,40)(H,35,39). The maximum atomic E-state index is 13.5. The van der Waals surface area contributed by atoms with Crippen LogP contribution in [0.25, 0.3) is 0 Å². The Morgan fingerprint density at radius 1 is 0.958 bits per heavy atom. The van der Waals surface area contributed by atoms with Gasteiger partial charge in [-0.05, 0) is 68.8 Å². The summed E-state index contributed by atoms with van der Waals surface area (Å²) in [5.74, 6) is -0.670. The van der Waals surface area contributed by atoms with Crippen LogP contribution < -0.4 is 19.6 Å². The highest BCUT2D eigenvalue weighted by molar-refractivity contribution is 7.92. The summed E-state index contributed by atoms with van der Waals surface area (Å²) < 4.78 is 58.1. The molecule has 0 aromatic heterocycles. The molecule has 1 fully saturated rings. The van der Waals surface area contributed by atoms with Crippen molar-refractivity contribution in [2.75, 3.05) is 49.1 Å². The van der Waals surface area contributed by atoms with Gasteiger partial charge in [0.1, 0.15) is 11.3 Å². The summed E-state index contributed by atoms with van der Waals surface area (Å²) >= 11 is 12.1. The van der Waals surface area contributed by atoms with Crippen molar-refractivity contribution in [3.05, 3.63) is 87.0 Å². The summed E-state index contributed by atoms with van der Waals surface area (Å²) in [6.45, 7) is 5.00. The predicted molar refractivity (Wildman–Crippen MR) is 187 cm³/mol. The van der Waals surface area contributed by atoms with Crippen molar-refractivity contribution in [3.63, 3.8) is 0 Å². The number of alkyl carbamates (subject to hydrolysis) is 1. The molecule has 1 saturated heterocycles. The molecule has 13 nitrogen and oxygen atoms in total.